The summed E-state index contributed by atoms with van der Waals surface area (Å²) >= 11 is 0. The zero-order valence-electron chi connectivity index (χ0n) is 13.0. The van der Waals surface area contributed by atoms with E-state index < -0.39 is 0 Å². The number of nitrogens with zero attached hydrogens (tertiary/aromatic N) is 3. The molecule has 0 saturated carbocycles. The third-order valence-corrected chi connectivity index (χ3v) is 4.35. The van der Waals surface area contributed by atoms with Gasteiger partial charge in [0.25, 0.3) is 0 Å². The largest absolute Gasteiger partial charge is 0.492 e. The summed E-state index contributed by atoms with van der Waals surface area (Å²) in [5.74, 6) is 2.04. The van der Waals surface area contributed by atoms with Crippen molar-refractivity contribution in [3.8, 4) is 5.75 Å². The normalized spacial score (nSPS) is 17.1. The number of aromatic nitrogens is 3. The minimum Gasteiger partial charge on any atom is -0.492 e. The van der Waals surface area contributed by atoms with Crippen molar-refractivity contribution in [2.45, 2.75) is 25.4 Å². The summed E-state index contributed by atoms with van der Waals surface area (Å²) in [4.78, 5) is 4.26. The van der Waals surface area contributed by atoms with E-state index in [4.69, 9.17) is 4.74 Å². The van der Waals surface area contributed by atoms with E-state index in [0.29, 0.717) is 12.6 Å². The molecule has 0 amide bonds. The van der Waals surface area contributed by atoms with Gasteiger partial charge in [-0.2, -0.15) is 5.10 Å². The first kappa shape index (κ1) is 14.2. The SMILES string of the molecule is c1ccc2c(OCCNC3CCc4ncnn4C3)cccc2c1. The standard InChI is InChI=1S/C18H20N4O/c1-2-6-16-14(4-1)5-3-7-17(16)23-11-10-19-15-8-9-18-20-13-21-22(18)12-15/h1-7,13,15,19H,8-12H2. The number of fused-ring (bicyclic) bond motifs is 2. The van der Waals surface area contributed by atoms with Crippen LogP contribution < -0.4 is 10.1 Å². The molecule has 1 unspecified atom stereocenters. The van der Waals surface area contributed by atoms with E-state index in [2.05, 4.69) is 39.7 Å². The molecule has 0 radical (unpaired) electrons. The predicted octanol–water partition coefficient (Wildman–Crippen LogP) is 2.41. The molecule has 23 heavy (non-hydrogen) atoms. The highest BCUT2D eigenvalue weighted by molar-refractivity contribution is 5.88. The quantitative estimate of drug-likeness (QED) is 0.736. The molecular formula is C18H20N4O. The van der Waals surface area contributed by atoms with Gasteiger partial charge in [-0.15, -0.1) is 0 Å². The van der Waals surface area contributed by atoms with Crippen molar-refractivity contribution in [2.24, 2.45) is 0 Å². The van der Waals surface area contributed by atoms with Crippen molar-refractivity contribution < 1.29 is 4.74 Å². The van der Waals surface area contributed by atoms with Crippen molar-refractivity contribution >= 4 is 10.8 Å². The second-order valence-corrected chi connectivity index (χ2v) is 5.87. The van der Waals surface area contributed by atoms with Crippen LogP contribution in [0.25, 0.3) is 10.8 Å². The Morgan fingerprint density at radius 1 is 1.17 bits per heavy atom. The van der Waals surface area contributed by atoms with E-state index in [1.54, 1.807) is 6.33 Å². The molecule has 2 aromatic carbocycles. The van der Waals surface area contributed by atoms with Gasteiger partial charge in [0.15, 0.2) is 0 Å². The van der Waals surface area contributed by atoms with Crippen LogP contribution >= 0.6 is 0 Å². The Hall–Kier alpha value is -2.40. The third-order valence-electron chi connectivity index (χ3n) is 4.35. The molecule has 1 aliphatic rings. The summed E-state index contributed by atoms with van der Waals surface area (Å²) in [7, 11) is 0. The summed E-state index contributed by atoms with van der Waals surface area (Å²) in [5, 5.41) is 10.2. The molecule has 1 N–H and O–H groups in total. The van der Waals surface area contributed by atoms with Gasteiger partial charge in [-0.05, 0) is 17.9 Å². The monoisotopic (exact) mass is 308 g/mol. The lowest BCUT2D eigenvalue weighted by Gasteiger charge is -2.23. The summed E-state index contributed by atoms with van der Waals surface area (Å²) in [6.07, 6.45) is 3.73. The average Bonchev–Trinajstić information content (AvgIpc) is 3.06. The molecule has 4 rings (SSSR count). The molecular weight excluding hydrogens is 288 g/mol. The number of hydrogen-bond acceptors (Lipinski definition) is 4. The van der Waals surface area contributed by atoms with E-state index in [0.717, 1.165) is 37.5 Å². The Labute approximate surface area is 135 Å². The predicted molar refractivity (Wildman–Crippen MR) is 89.6 cm³/mol. The van der Waals surface area contributed by atoms with Crippen LogP contribution in [0.2, 0.25) is 0 Å². The minimum absolute atomic E-state index is 0.445. The minimum atomic E-state index is 0.445. The van der Waals surface area contributed by atoms with Crippen LogP contribution in [0.15, 0.2) is 48.8 Å². The van der Waals surface area contributed by atoms with Crippen LogP contribution in [0.4, 0.5) is 0 Å². The van der Waals surface area contributed by atoms with Gasteiger partial charge < -0.3 is 10.1 Å². The topological polar surface area (TPSA) is 52.0 Å². The van der Waals surface area contributed by atoms with Crippen LogP contribution in [0.1, 0.15) is 12.2 Å². The highest BCUT2D eigenvalue weighted by Gasteiger charge is 2.18. The van der Waals surface area contributed by atoms with Crippen molar-refractivity contribution in [2.75, 3.05) is 13.2 Å². The molecule has 2 heterocycles. The van der Waals surface area contributed by atoms with E-state index >= 15 is 0 Å². The van der Waals surface area contributed by atoms with Crippen LogP contribution in [-0.4, -0.2) is 34.0 Å². The van der Waals surface area contributed by atoms with Crippen LogP contribution in [0.5, 0.6) is 5.75 Å². The van der Waals surface area contributed by atoms with Crippen molar-refractivity contribution in [1.82, 2.24) is 20.1 Å². The number of nitrogens with one attached hydrogen (secondary N) is 1. The molecule has 0 spiro atoms. The summed E-state index contributed by atoms with van der Waals surface area (Å²) < 4.78 is 7.96. The second kappa shape index (κ2) is 6.38. The highest BCUT2D eigenvalue weighted by atomic mass is 16.5. The number of benzene rings is 2. The Bertz CT molecular complexity index is 793. The molecule has 0 bridgehead atoms. The van der Waals surface area contributed by atoms with E-state index in [1.807, 2.05) is 22.9 Å². The van der Waals surface area contributed by atoms with Gasteiger partial charge >= 0.3 is 0 Å². The van der Waals surface area contributed by atoms with Gasteiger partial charge in [0.1, 0.15) is 24.5 Å². The summed E-state index contributed by atoms with van der Waals surface area (Å²) in [6, 6.07) is 14.9. The van der Waals surface area contributed by atoms with Crippen molar-refractivity contribution in [1.29, 1.82) is 0 Å². The van der Waals surface area contributed by atoms with Gasteiger partial charge in [-0.25, -0.2) is 9.67 Å². The number of hydrogen-bond donors (Lipinski definition) is 1. The number of rotatable bonds is 5. The van der Waals surface area contributed by atoms with Crippen LogP contribution in [-0.2, 0) is 13.0 Å². The summed E-state index contributed by atoms with van der Waals surface area (Å²) in [5.41, 5.74) is 0. The smallest absolute Gasteiger partial charge is 0.138 e. The molecule has 5 nitrogen and oxygen atoms in total. The lowest BCUT2D eigenvalue weighted by atomic mass is 10.1. The van der Waals surface area contributed by atoms with Crippen molar-refractivity contribution in [3.05, 3.63) is 54.6 Å². The fraction of sp³-hybridized carbons (Fsp3) is 0.333. The Morgan fingerprint density at radius 2 is 2.09 bits per heavy atom. The van der Waals surface area contributed by atoms with Crippen molar-refractivity contribution in [3.63, 3.8) is 0 Å². The van der Waals surface area contributed by atoms with Crippen LogP contribution in [0.3, 0.4) is 0 Å². The van der Waals surface area contributed by atoms with Gasteiger partial charge in [0, 0.05) is 24.4 Å². The number of ether oxygens (including phenoxy) is 1. The molecule has 5 heteroatoms. The van der Waals surface area contributed by atoms with Gasteiger partial charge in [-0.3, -0.25) is 0 Å². The zero-order chi connectivity index (χ0) is 15.5. The Morgan fingerprint density at radius 3 is 3.09 bits per heavy atom. The zero-order valence-corrected chi connectivity index (χ0v) is 13.0. The fourth-order valence-electron chi connectivity index (χ4n) is 3.15. The Balaban J connectivity index is 1.31. The molecule has 3 aromatic rings. The Kier molecular flexibility index (Phi) is 3.94. The summed E-state index contributed by atoms with van der Waals surface area (Å²) in [6.45, 7) is 2.39. The molecule has 0 fully saturated rings. The van der Waals surface area contributed by atoms with E-state index in [-0.39, 0.29) is 0 Å². The molecule has 1 atom stereocenters. The second-order valence-electron chi connectivity index (χ2n) is 5.87. The van der Waals surface area contributed by atoms with Gasteiger partial charge in [0.2, 0.25) is 0 Å². The molecule has 0 aliphatic carbocycles. The first-order chi connectivity index (χ1) is 11.4. The first-order valence-electron chi connectivity index (χ1n) is 8.11. The van der Waals surface area contributed by atoms with Gasteiger partial charge in [0.05, 0.1) is 6.54 Å². The highest BCUT2D eigenvalue weighted by Crippen LogP contribution is 2.24. The molecule has 1 aliphatic heterocycles. The lowest BCUT2D eigenvalue weighted by molar-refractivity contribution is 0.288. The van der Waals surface area contributed by atoms with Crippen LogP contribution in [0, 0.1) is 0 Å². The third kappa shape index (κ3) is 3.05. The maximum atomic E-state index is 5.97. The molecule has 0 saturated heterocycles. The fourth-order valence-corrected chi connectivity index (χ4v) is 3.15. The maximum Gasteiger partial charge on any atom is 0.138 e. The average molecular weight is 308 g/mol. The maximum absolute atomic E-state index is 5.97. The lowest BCUT2D eigenvalue weighted by Crippen LogP contribution is -2.39. The number of aryl methyl sites for hydroxylation is 1. The molecule has 118 valence electrons. The first-order valence-corrected chi connectivity index (χ1v) is 8.11. The van der Waals surface area contributed by atoms with E-state index in [9.17, 15) is 0 Å². The van der Waals surface area contributed by atoms with E-state index in [1.165, 1.54) is 10.8 Å². The van der Waals surface area contributed by atoms with Gasteiger partial charge in [-0.1, -0.05) is 36.4 Å². The molecule has 1 aromatic heterocycles.